The number of nitrogens with two attached hydrogens (primary N) is 1. The molecule has 2 aliphatic heterocycles. The Kier molecular flexibility index (Phi) is 5.51. The minimum atomic E-state index is -0.0891. The molecule has 1 aliphatic carbocycles. The fourth-order valence-corrected chi connectivity index (χ4v) is 6.09. The summed E-state index contributed by atoms with van der Waals surface area (Å²) < 4.78 is 0. The highest BCUT2D eigenvalue weighted by molar-refractivity contribution is 7.10. The van der Waals surface area contributed by atoms with Crippen molar-refractivity contribution in [2.45, 2.75) is 18.3 Å². The Labute approximate surface area is 194 Å². The van der Waals surface area contributed by atoms with Gasteiger partial charge in [0, 0.05) is 59.8 Å². The van der Waals surface area contributed by atoms with E-state index in [4.69, 9.17) is 5.73 Å². The van der Waals surface area contributed by atoms with Crippen molar-refractivity contribution in [1.82, 2.24) is 4.90 Å². The minimum absolute atomic E-state index is 0.0614. The van der Waals surface area contributed by atoms with Crippen molar-refractivity contribution in [1.29, 1.82) is 0 Å². The van der Waals surface area contributed by atoms with Crippen molar-refractivity contribution in [2.24, 2.45) is 17.6 Å². The van der Waals surface area contributed by atoms with Crippen LogP contribution in [0.2, 0.25) is 0 Å². The highest BCUT2D eigenvalue weighted by Crippen LogP contribution is 2.44. The summed E-state index contributed by atoms with van der Waals surface area (Å²) in [4.78, 5) is 18.9. The van der Waals surface area contributed by atoms with Gasteiger partial charge in [-0.2, -0.15) is 0 Å². The van der Waals surface area contributed by atoms with Gasteiger partial charge in [0.25, 0.3) is 0 Å². The number of rotatable bonds is 4. The van der Waals surface area contributed by atoms with Crippen LogP contribution in [0.1, 0.15) is 28.7 Å². The summed E-state index contributed by atoms with van der Waals surface area (Å²) in [5, 5.41) is 2.23. The molecule has 3 atom stereocenters. The highest BCUT2D eigenvalue weighted by atomic mass is 32.1. The molecule has 1 fully saturated rings. The van der Waals surface area contributed by atoms with Gasteiger partial charge in [0.2, 0.25) is 5.91 Å². The van der Waals surface area contributed by atoms with Gasteiger partial charge in [-0.1, -0.05) is 43.0 Å². The van der Waals surface area contributed by atoms with E-state index in [-0.39, 0.29) is 17.7 Å². The topological polar surface area (TPSA) is 49.6 Å². The van der Waals surface area contributed by atoms with E-state index >= 15 is 0 Å². The number of amides is 1. The Morgan fingerprint density at radius 3 is 2.69 bits per heavy atom. The normalized spacial score (nSPS) is 26.2. The number of para-hydroxylation sites is 1. The summed E-state index contributed by atoms with van der Waals surface area (Å²) in [6, 6.07) is 12.7. The van der Waals surface area contributed by atoms with E-state index in [1.54, 1.807) is 16.2 Å². The largest absolute Gasteiger partial charge is 0.402 e. The molecule has 5 heteroatoms. The number of likely N-dealkylation sites (N-methyl/N-ethyl adjacent to an activating group) is 1. The van der Waals surface area contributed by atoms with Crippen LogP contribution >= 0.6 is 11.3 Å². The fraction of sp³-hybridized carbons (Fsp3) is 0.296. The van der Waals surface area contributed by atoms with Gasteiger partial charge >= 0.3 is 0 Å². The Morgan fingerprint density at radius 1 is 1.16 bits per heavy atom. The third-order valence-corrected chi connectivity index (χ3v) is 8.03. The number of carbonyl (C=O) groups excluding carboxylic acids is 1. The minimum Gasteiger partial charge on any atom is -0.402 e. The number of allylic oxidation sites excluding steroid dienone is 6. The summed E-state index contributed by atoms with van der Waals surface area (Å²) in [6.45, 7) is 5.90. The number of nitrogens with zero attached hydrogens (tertiary/aromatic N) is 2. The van der Waals surface area contributed by atoms with Crippen molar-refractivity contribution < 1.29 is 4.79 Å². The van der Waals surface area contributed by atoms with Crippen LogP contribution in [0.25, 0.3) is 0 Å². The average Bonchev–Trinajstić information content (AvgIpc) is 3.23. The SMILES string of the molecule is C=C1C=C[C@H](c2cc(C3C=CC=C(N)C3)cs2)C(C2CN(c3ccccc3)C2)C(=O)N1C. The lowest BCUT2D eigenvalue weighted by atomic mass is 9.75. The molecule has 2 aromatic rings. The Bertz CT molecular complexity index is 1110. The zero-order valence-electron chi connectivity index (χ0n) is 18.4. The molecule has 1 amide bonds. The van der Waals surface area contributed by atoms with Crippen molar-refractivity contribution in [3.63, 3.8) is 0 Å². The van der Waals surface area contributed by atoms with Gasteiger partial charge in [-0.3, -0.25) is 4.79 Å². The van der Waals surface area contributed by atoms with Crippen LogP contribution in [0.5, 0.6) is 0 Å². The first-order valence-corrected chi connectivity index (χ1v) is 12.0. The fourth-order valence-electron chi connectivity index (χ4n) is 4.99. The molecule has 3 aliphatic rings. The van der Waals surface area contributed by atoms with Crippen molar-refractivity contribution in [3.05, 3.63) is 101 Å². The molecule has 2 N–H and O–H groups in total. The van der Waals surface area contributed by atoms with Crippen LogP contribution in [0.15, 0.2) is 90.1 Å². The van der Waals surface area contributed by atoms with Crippen molar-refractivity contribution >= 4 is 22.9 Å². The van der Waals surface area contributed by atoms with Crippen LogP contribution in [0.4, 0.5) is 5.69 Å². The lowest BCUT2D eigenvalue weighted by Gasteiger charge is -2.46. The molecule has 0 spiro atoms. The Morgan fingerprint density at radius 2 is 1.94 bits per heavy atom. The van der Waals surface area contributed by atoms with E-state index in [2.05, 4.69) is 59.3 Å². The molecule has 1 saturated heterocycles. The molecule has 1 aromatic carbocycles. The molecule has 0 radical (unpaired) electrons. The van der Waals surface area contributed by atoms with Crippen LogP contribution < -0.4 is 10.6 Å². The summed E-state index contributed by atoms with van der Waals surface area (Å²) in [7, 11) is 1.85. The van der Waals surface area contributed by atoms with Crippen molar-refractivity contribution in [3.8, 4) is 0 Å². The molecule has 32 heavy (non-hydrogen) atoms. The van der Waals surface area contributed by atoms with Crippen LogP contribution in [0.3, 0.4) is 0 Å². The van der Waals surface area contributed by atoms with Crippen LogP contribution in [-0.2, 0) is 4.79 Å². The third kappa shape index (κ3) is 3.82. The zero-order valence-corrected chi connectivity index (χ0v) is 19.2. The molecule has 3 heterocycles. The summed E-state index contributed by atoms with van der Waals surface area (Å²) in [5.74, 6) is 0.760. The standard InChI is InChI=1S/C27H29N3OS/c1-18-11-12-24(25-14-20(17-32-25)19-7-6-8-22(28)13-19)26(27(31)29(18)2)21-15-30(16-21)23-9-4-3-5-10-23/h3-12,14,17,19,21,24,26H,1,13,15-16,28H2,2H3/t19?,24-,26?/m1/s1. The second-order valence-electron chi connectivity index (χ2n) is 9.02. The number of carbonyl (C=O) groups is 1. The number of thiophene rings is 1. The van der Waals surface area contributed by atoms with Gasteiger partial charge in [0.15, 0.2) is 0 Å². The molecule has 2 unspecified atom stereocenters. The van der Waals surface area contributed by atoms with Gasteiger partial charge in [0.05, 0.1) is 5.92 Å². The Hall–Kier alpha value is -3.05. The van der Waals surface area contributed by atoms with E-state index < -0.39 is 0 Å². The molecule has 4 nitrogen and oxygen atoms in total. The highest BCUT2D eigenvalue weighted by Gasteiger charge is 2.44. The first-order valence-electron chi connectivity index (χ1n) is 11.2. The van der Waals surface area contributed by atoms with Crippen molar-refractivity contribution in [2.75, 3.05) is 25.0 Å². The van der Waals surface area contributed by atoms with Gasteiger partial charge in [-0.05, 0) is 47.7 Å². The van der Waals surface area contributed by atoms with E-state index in [9.17, 15) is 4.79 Å². The number of hydrogen-bond donors (Lipinski definition) is 1. The summed E-state index contributed by atoms with van der Waals surface area (Å²) >= 11 is 1.76. The van der Waals surface area contributed by atoms with Crippen LogP contribution in [-0.4, -0.2) is 30.9 Å². The number of anilines is 1. The summed E-state index contributed by atoms with van der Waals surface area (Å²) in [5.41, 5.74) is 10.3. The molecule has 164 valence electrons. The number of benzene rings is 1. The van der Waals surface area contributed by atoms with E-state index in [1.807, 2.05) is 31.3 Å². The maximum atomic E-state index is 13.5. The van der Waals surface area contributed by atoms with Crippen LogP contribution in [0, 0.1) is 11.8 Å². The maximum absolute atomic E-state index is 13.5. The van der Waals surface area contributed by atoms with Gasteiger partial charge in [-0.25, -0.2) is 0 Å². The van der Waals surface area contributed by atoms with Gasteiger partial charge in [0.1, 0.15) is 0 Å². The molecule has 0 bridgehead atoms. The predicted octanol–water partition coefficient (Wildman–Crippen LogP) is 5.01. The quantitative estimate of drug-likeness (QED) is 0.722. The predicted molar refractivity (Wildman–Crippen MR) is 133 cm³/mol. The Balaban J connectivity index is 1.41. The van der Waals surface area contributed by atoms with Gasteiger partial charge in [-0.15, -0.1) is 11.3 Å². The van der Waals surface area contributed by atoms with E-state index in [0.717, 1.165) is 30.9 Å². The molecule has 1 aromatic heterocycles. The smallest absolute Gasteiger partial charge is 0.231 e. The molecule has 0 saturated carbocycles. The van der Waals surface area contributed by atoms with E-state index in [1.165, 1.54) is 16.1 Å². The monoisotopic (exact) mass is 443 g/mol. The molecular formula is C27H29N3OS. The maximum Gasteiger partial charge on any atom is 0.231 e. The first-order chi connectivity index (χ1) is 15.5. The van der Waals surface area contributed by atoms with E-state index in [0.29, 0.717) is 11.8 Å². The second kappa shape index (κ2) is 8.47. The number of hydrogen-bond acceptors (Lipinski definition) is 4. The lowest BCUT2D eigenvalue weighted by molar-refractivity contribution is -0.134. The molecular weight excluding hydrogens is 414 g/mol. The average molecular weight is 444 g/mol. The second-order valence-corrected chi connectivity index (χ2v) is 9.96. The third-order valence-electron chi connectivity index (χ3n) is 6.97. The zero-order chi connectivity index (χ0) is 22.2. The summed E-state index contributed by atoms with van der Waals surface area (Å²) in [6.07, 6.45) is 11.3. The van der Waals surface area contributed by atoms with Gasteiger partial charge < -0.3 is 15.5 Å². The lowest BCUT2D eigenvalue weighted by Crippen LogP contribution is -2.54. The first kappa shape index (κ1) is 20.8. The molecule has 5 rings (SSSR count).